The van der Waals surface area contributed by atoms with Crippen LogP contribution >= 0.6 is 0 Å². The van der Waals surface area contributed by atoms with E-state index in [0.717, 1.165) is 33.4 Å². The van der Waals surface area contributed by atoms with Crippen molar-refractivity contribution in [1.82, 2.24) is 19.1 Å². The van der Waals surface area contributed by atoms with Gasteiger partial charge in [0, 0.05) is 37.6 Å². The molecule has 2 atom stereocenters. The van der Waals surface area contributed by atoms with Gasteiger partial charge in [-0.1, -0.05) is 135 Å². The highest BCUT2D eigenvalue weighted by Gasteiger charge is 2.41. The number of ether oxygens (including phenoxy) is 2. The van der Waals surface area contributed by atoms with E-state index >= 15 is 0 Å². The van der Waals surface area contributed by atoms with Gasteiger partial charge in [-0.15, -0.1) is 0 Å². The highest BCUT2D eigenvalue weighted by molar-refractivity contribution is 6.02. The molecule has 2 aromatic rings. The standard InChI is InChI=1S/C48H56N4O6/c1-33(17-13-19-35(3)21-23-39-37(5)43(53)41(29-47(39,7)8)57-45(55)51-27-25-49-31-51)15-11-12-16-34(2)18-14-20-36(4)22-24-40-38(6)44(54)42(30-48(40,9)10)58-46(56)52-28-26-50-32-52/h11-28,31-32,41-42H,29-30H2,1-10H3. The predicted molar refractivity (Wildman–Crippen MR) is 229 cm³/mol. The van der Waals surface area contributed by atoms with Gasteiger partial charge in [0.1, 0.15) is 12.7 Å². The number of nitrogens with zero attached hydrogens (tertiary/aromatic N) is 4. The summed E-state index contributed by atoms with van der Waals surface area (Å²) in [6, 6.07) is 0. The molecule has 0 N–H and O–H groups in total. The smallest absolute Gasteiger partial charge is 0.419 e. The molecule has 0 bridgehead atoms. The molecule has 0 aromatic carbocycles. The quantitative estimate of drug-likeness (QED) is 0.195. The van der Waals surface area contributed by atoms with E-state index in [0.29, 0.717) is 24.0 Å². The SMILES string of the molecule is CC(C=CC=C(C)C=CC1=C(C)C(=O)C(OC(=O)n2ccnc2)CC1(C)C)=CC=CC=C(C)C=CC=C(C)C=CC1=C(C)C(=O)C(OC(=O)n2ccnc2)CC1(C)C. The maximum atomic E-state index is 13.1. The summed E-state index contributed by atoms with van der Waals surface area (Å²) in [6.07, 6.45) is 34.7. The van der Waals surface area contributed by atoms with Crippen LogP contribution in [0.2, 0.25) is 0 Å². The van der Waals surface area contributed by atoms with Crippen LogP contribution in [0.15, 0.2) is 167 Å². The van der Waals surface area contributed by atoms with E-state index in [9.17, 15) is 19.2 Å². The Labute approximate surface area is 342 Å². The molecule has 2 aromatic heterocycles. The summed E-state index contributed by atoms with van der Waals surface area (Å²) in [5, 5.41) is 0. The lowest BCUT2D eigenvalue weighted by Gasteiger charge is -2.36. The Bertz CT molecular complexity index is 2050. The third kappa shape index (κ3) is 12.2. The number of carbonyl (C=O) groups excluding carboxylic acids is 4. The van der Waals surface area contributed by atoms with Crippen molar-refractivity contribution in [2.75, 3.05) is 0 Å². The van der Waals surface area contributed by atoms with E-state index in [1.807, 2.05) is 113 Å². The second-order valence-electron chi connectivity index (χ2n) is 16.1. The highest BCUT2D eigenvalue weighted by atomic mass is 16.6. The Morgan fingerprint density at radius 3 is 1.29 bits per heavy atom. The van der Waals surface area contributed by atoms with Gasteiger partial charge >= 0.3 is 12.2 Å². The number of hydrogen-bond donors (Lipinski definition) is 0. The minimum atomic E-state index is -0.841. The molecule has 10 heteroatoms. The molecule has 0 aliphatic heterocycles. The summed E-state index contributed by atoms with van der Waals surface area (Å²) in [6.45, 7) is 19.9. The molecule has 4 rings (SSSR count). The second kappa shape index (κ2) is 19.8. The third-order valence-corrected chi connectivity index (χ3v) is 10.2. The summed E-state index contributed by atoms with van der Waals surface area (Å²) in [5.74, 6) is -0.365. The minimum Gasteiger partial charge on any atom is -0.437 e. The predicted octanol–water partition coefficient (Wildman–Crippen LogP) is 10.7. The van der Waals surface area contributed by atoms with Crippen LogP contribution in [0.25, 0.3) is 0 Å². The molecule has 0 amide bonds. The fourth-order valence-electron chi connectivity index (χ4n) is 6.86. The van der Waals surface area contributed by atoms with Crippen LogP contribution in [-0.2, 0) is 19.1 Å². The third-order valence-electron chi connectivity index (χ3n) is 10.2. The molecule has 58 heavy (non-hydrogen) atoms. The van der Waals surface area contributed by atoms with Crippen LogP contribution < -0.4 is 0 Å². The Balaban J connectivity index is 1.28. The number of allylic oxidation sites excluding steroid dienone is 20. The van der Waals surface area contributed by atoms with Crippen molar-refractivity contribution in [2.24, 2.45) is 10.8 Å². The number of rotatable bonds is 12. The molecule has 0 saturated carbocycles. The van der Waals surface area contributed by atoms with Gasteiger partial charge in [-0.3, -0.25) is 9.59 Å². The first-order valence-electron chi connectivity index (χ1n) is 19.4. The summed E-state index contributed by atoms with van der Waals surface area (Å²) in [7, 11) is 0. The van der Waals surface area contributed by atoms with Crippen molar-refractivity contribution >= 4 is 23.8 Å². The molecule has 0 radical (unpaired) electrons. The molecule has 0 spiro atoms. The number of Topliss-reactive ketones (excluding diaryl/α,β-unsaturated/α-hetero) is 2. The molecular formula is C48H56N4O6. The van der Waals surface area contributed by atoms with Gasteiger partial charge in [-0.25, -0.2) is 28.7 Å². The summed E-state index contributed by atoms with van der Waals surface area (Å²) < 4.78 is 13.5. The maximum absolute atomic E-state index is 13.1. The van der Waals surface area contributed by atoms with Crippen LogP contribution in [0, 0.1) is 10.8 Å². The van der Waals surface area contributed by atoms with E-state index in [1.54, 1.807) is 13.8 Å². The molecular weight excluding hydrogens is 729 g/mol. The van der Waals surface area contributed by atoms with Crippen molar-refractivity contribution in [3.8, 4) is 0 Å². The molecule has 304 valence electrons. The number of imidazole rings is 2. The van der Waals surface area contributed by atoms with Crippen molar-refractivity contribution in [1.29, 1.82) is 0 Å². The van der Waals surface area contributed by atoms with Crippen LogP contribution in [0.3, 0.4) is 0 Å². The number of ketones is 2. The van der Waals surface area contributed by atoms with Gasteiger partial charge in [-0.05, 0) is 74.7 Å². The maximum Gasteiger partial charge on any atom is 0.419 e. The molecule has 0 fully saturated rings. The first kappa shape index (κ1) is 44.6. The van der Waals surface area contributed by atoms with Crippen molar-refractivity contribution in [3.05, 3.63) is 167 Å². The fraction of sp³-hybridized carbons (Fsp3) is 0.333. The lowest BCUT2D eigenvalue weighted by Crippen LogP contribution is -2.39. The molecule has 0 saturated heterocycles. The Kier molecular flexibility index (Phi) is 15.2. The summed E-state index contributed by atoms with van der Waals surface area (Å²) >= 11 is 0. The Morgan fingerprint density at radius 1 is 0.603 bits per heavy atom. The Hall–Kier alpha value is -6.16. The van der Waals surface area contributed by atoms with E-state index in [-0.39, 0.29) is 22.4 Å². The van der Waals surface area contributed by atoms with Crippen LogP contribution in [-0.4, -0.2) is 55.1 Å². The zero-order chi connectivity index (χ0) is 42.6. The van der Waals surface area contributed by atoms with Crippen molar-refractivity contribution in [2.45, 2.75) is 94.3 Å². The summed E-state index contributed by atoms with van der Waals surface area (Å²) in [5.41, 5.74) is 6.56. The number of aromatic nitrogens is 4. The minimum absolute atomic E-state index is 0.182. The zero-order valence-electron chi connectivity index (χ0n) is 35.4. The van der Waals surface area contributed by atoms with Crippen molar-refractivity contribution in [3.63, 3.8) is 0 Å². The number of hydrogen-bond acceptors (Lipinski definition) is 8. The van der Waals surface area contributed by atoms with E-state index in [1.165, 1.54) is 46.6 Å². The van der Waals surface area contributed by atoms with E-state index in [2.05, 4.69) is 37.7 Å². The largest absolute Gasteiger partial charge is 0.437 e. The lowest BCUT2D eigenvalue weighted by molar-refractivity contribution is -0.126. The average molecular weight is 785 g/mol. The first-order chi connectivity index (χ1) is 27.4. The molecule has 2 heterocycles. The molecule has 10 nitrogen and oxygen atoms in total. The molecule has 2 aliphatic rings. The van der Waals surface area contributed by atoms with Gasteiger partial charge in [0.25, 0.3) is 0 Å². The van der Waals surface area contributed by atoms with Gasteiger partial charge in [0.05, 0.1) is 0 Å². The van der Waals surface area contributed by atoms with Gasteiger partial charge in [0.15, 0.2) is 23.8 Å². The topological polar surface area (TPSA) is 122 Å². The van der Waals surface area contributed by atoms with Crippen molar-refractivity contribution < 1.29 is 28.7 Å². The monoisotopic (exact) mass is 784 g/mol. The van der Waals surface area contributed by atoms with E-state index < -0.39 is 24.4 Å². The summed E-state index contributed by atoms with van der Waals surface area (Å²) in [4.78, 5) is 58.8. The fourth-order valence-corrected chi connectivity index (χ4v) is 6.86. The van der Waals surface area contributed by atoms with Crippen LogP contribution in [0.1, 0.15) is 82.1 Å². The first-order valence-corrected chi connectivity index (χ1v) is 19.4. The second-order valence-corrected chi connectivity index (χ2v) is 16.1. The van der Waals surface area contributed by atoms with Crippen LogP contribution in [0.4, 0.5) is 9.59 Å². The van der Waals surface area contributed by atoms with Gasteiger partial charge < -0.3 is 9.47 Å². The lowest BCUT2D eigenvalue weighted by atomic mass is 9.71. The Morgan fingerprint density at radius 2 is 0.948 bits per heavy atom. The normalized spacial score (nSPS) is 21.2. The number of carbonyl (C=O) groups is 4. The van der Waals surface area contributed by atoms with Crippen LogP contribution in [0.5, 0.6) is 0 Å². The average Bonchev–Trinajstić information content (AvgIpc) is 3.90. The van der Waals surface area contributed by atoms with E-state index in [4.69, 9.17) is 9.47 Å². The van der Waals surface area contributed by atoms with Gasteiger partial charge in [-0.2, -0.15) is 0 Å². The zero-order valence-corrected chi connectivity index (χ0v) is 35.4. The highest BCUT2D eigenvalue weighted by Crippen LogP contribution is 2.42. The molecule has 2 unspecified atom stereocenters. The molecule has 2 aliphatic carbocycles. The van der Waals surface area contributed by atoms with Gasteiger partial charge in [0.2, 0.25) is 0 Å².